The third-order valence-corrected chi connectivity index (χ3v) is 4.91. The zero-order chi connectivity index (χ0) is 15.0. The number of rotatable bonds is 3. The van der Waals surface area contributed by atoms with Crippen molar-refractivity contribution in [3.05, 3.63) is 35.4 Å². The highest BCUT2D eigenvalue weighted by atomic mass is 35.5. The second-order valence-electron chi connectivity index (χ2n) is 6.96. The van der Waals surface area contributed by atoms with E-state index in [1.54, 1.807) is 0 Å². The molecule has 2 aliphatic rings. The molecule has 0 bridgehead atoms. The van der Waals surface area contributed by atoms with E-state index in [2.05, 4.69) is 38.1 Å². The van der Waals surface area contributed by atoms with Crippen LogP contribution in [0.25, 0.3) is 0 Å². The van der Waals surface area contributed by atoms with Crippen LogP contribution in [-0.2, 0) is 4.79 Å². The van der Waals surface area contributed by atoms with Crippen molar-refractivity contribution in [1.29, 1.82) is 0 Å². The molecule has 3 unspecified atom stereocenters. The number of carbonyl (C=O) groups excluding carboxylic acids is 1. The Bertz CT molecular complexity index is 514. The lowest BCUT2D eigenvalue weighted by atomic mass is 9.99. The van der Waals surface area contributed by atoms with Gasteiger partial charge in [0.1, 0.15) is 0 Å². The summed E-state index contributed by atoms with van der Waals surface area (Å²) in [6.45, 7) is 6.05. The van der Waals surface area contributed by atoms with Crippen LogP contribution in [-0.4, -0.2) is 29.9 Å². The van der Waals surface area contributed by atoms with Crippen molar-refractivity contribution in [3.8, 4) is 0 Å². The van der Waals surface area contributed by atoms with Crippen LogP contribution in [0.4, 0.5) is 0 Å². The predicted molar refractivity (Wildman–Crippen MR) is 92.4 cm³/mol. The van der Waals surface area contributed by atoms with E-state index in [1.165, 1.54) is 11.1 Å². The number of nitrogens with zero attached hydrogens (tertiary/aromatic N) is 1. The van der Waals surface area contributed by atoms with E-state index in [-0.39, 0.29) is 24.4 Å². The molecule has 0 spiro atoms. The Balaban J connectivity index is 0.00000176. The van der Waals surface area contributed by atoms with E-state index in [1.807, 2.05) is 4.90 Å². The fourth-order valence-corrected chi connectivity index (χ4v) is 3.41. The summed E-state index contributed by atoms with van der Waals surface area (Å²) in [4.78, 5) is 14.5. The highest BCUT2D eigenvalue weighted by Crippen LogP contribution is 2.48. The summed E-state index contributed by atoms with van der Waals surface area (Å²) in [5, 5.41) is 0. The van der Waals surface area contributed by atoms with E-state index < -0.39 is 0 Å². The van der Waals surface area contributed by atoms with Crippen LogP contribution in [0, 0.1) is 5.92 Å². The average Bonchev–Trinajstić information content (AvgIpc) is 3.27. The zero-order valence-electron chi connectivity index (χ0n) is 13.5. The number of likely N-dealkylation sites (tertiary alicyclic amines) is 1. The van der Waals surface area contributed by atoms with Gasteiger partial charge in [0.15, 0.2) is 0 Å². The number of carbonyl (C=O) groups is 1. The van der Waals surface area contributed by atoms with Gasteiger partial charge >= 0.3 is 0 Å². The molecule has 1 saturated heterocycles. The van der Waals surface area contributed by atoms with Gasteiger partial charge in [-0.25, -0.2) is 0 Å². The molecular weight excluding hydrogens is 296 g/mol. The van der Waals surface area contributed by atoms with Gasteiger partial charge in [-0.15, -0.1) is 12.4 Å². The second-order valence-corrected chi connectivity index (χ2v) is 6.96. The monoisotopic (exact) mass is 322 g/mol. The predicted octanol–water partition coefficient (Wildman–Crippen LogP) is 3.29. The summed E-state index contributed by atoms with van der Waals surface area (Å²) in [5.41, 5.74) is 8.66. The highest BCUT2D eigenvalue weighted by Gasteiger charge is 2.46. The minimum absolute atomic E-state index is 0. The number of nitrogens with two attached hydrogens (primary N) is 1. The Morgan fingerprint density at radius 2 is 1.95 bits per heavy atom. The lowest BCUT2D eigenvalue weighted by Crippen LogP contribution is -2.46. The Hall–Kier alpha value is -1.06. The minimum atomic E-state index is 0. The molecule has 122 valence electrons. The molecular formula is C18H27ClN2O. The third kappa shape index (κ3) is 3.64. The van der Waals surface area contributed by atoms with Crippen LogP contribution in [0.5, 0.6) is 0 Å². The second kappa shape index (κ2) is 7.01. The summed E-state index contributed by atoms with van der Waals surface area (Å²) in [6, 6.07) is 8.99. The summed E-state index contributed by atoms with van der Waals surface area (Å²) < 4.78 is 0. The molecule has 3 nitrogen and oxygen atoms in total. The van der Waals surface area contributed by atoms with Gasteiger partial charge < -0.3 is 10.6 Å². The van der Waals surface area contributed by atoms with Crippen LogP contribution in [0.1, 0.15) is 56.1 Å². The first-order valence-electron chi connectivity index (χ1n) is 8.20. The molecule has 1 amide bonds. The molecule has 3 rings (SSSR count). The molecule has 1 aliphatic carbocycles. The van der Waals surface area contributed by atoms with Gasteiger partial charge in [-0.1, -0.05) is 38.1 Å². The molecule has 2 fully saturated rings. The van der Waals surface area contributed by atoms with Crippen molar-refractivity contribution in [3.63, 3.8) is 0 Å². The van der Waals surface area contributed by atoms with Crippen LogP contribution in [0.15, 0.2) is 24.3 Å². The van der Waals surface area contributed by atoms with E-state index in [4.69, 9.17) is 5.73 Å². The standard InChI is InChI=1S/C18H26N2O.ClH/c1-12(2)13-5-7-14(8-6-13)16-10-17(16)18(21)20-9-3-4-15(19)11-20;/h5-8,12,15-17H,3-4,9-11,19H2,1-2H3;1H. The van der Waals surface area contributed by atoms with Gasteiger partial charge in [0, 0.05) is 25.0 Å². The lowest BCUT2D eigenvalue weighted by molar-refractivity contribution is -0.133. The SMILES string of the molecule is CC(C)c1ccc(C2CC2C(=O)N2CCCC(N)C2)cc1.Cl. The van der Waals surface area contributed by atoms with Crippen LogP contribution >= 0.6 is 12.4 Å². The maximum absolute atomic E-state index is 12.5. The smallest absolute Gasteiger partial charge is 0.226 e. The molecule has 0 aromatic heterocycles. The lowest BCUT2D eigenvalue weighted by Gasteiger charge is -2.31. The number of hydrogen-bond acceptors (Lipinski definition) is 2. The summed E-state index contributed by atoms with van der Waals surface area (Å²) in [7, 11) is 0. The molecule has 1 aromatic rings. The van der Waals surface area contributed by atoms with Crippen LogP contribution < -0.4 is 5.73 Å². The van der Waals surface area contributed by atoms with Crippen LogP contribution in [0.3, 0.4) is 0 Å². The third-order valence-electron chi connectivity index (χ3n) is 4.91. The van der Waals surface area contributed by atoms with Crippen LogP contribution in [0.2, 0.25) is 0 Å². The fourth-order valence-electron chi connectivity index (χ4n) is 3.41. The quantitative estimate of drug-likeness (QED) is 0.928. The topological polar surface area (TPSA) is 46.3 Å². The minimum Gasteiger partial charge on any atom is -0.341 e. The van der Waals surface area contributed by atoms with Gasteiger partial charge in [0.2, 0.25) is 5.91 Å². The molecule has 22 heavy (non-hydrogen) atoms. The molecule has 4 heteroatoms. The Labute approximate surface area is 139 Å². The van der Waals surface area contributed by atoms with Gasteiger partial charge in [0.25, 0.3) is 0 Å². The summed E-state index contributed by atoms with van der Waals surface area (Å²) in [5.74, 6) is 1.51. The fraction of sp³-hybridized carbons (Fsp3) is 0.611. The molecule has 1 heterocycles. The Morgan fingerprint density at radius 3 is 2.55 bits per heavy atom. The summed E-state index contributed by atoms with van der Waals surface area (Å²) >= 11 is 0. The first kappa shape index (κ1) is 17.3. The van der Waals surface area contributed by atoms with E-state index in [9.17, 15) is 4.79 Å². The highest BCUT2D eigenvalue weighted by molar-refractivity contribution is 5.85. The van der Waals surface area contributed by atoms with Gasteiger partial charge in [-0.05, 0) is 42.2 Å². The average molecular weight is 323 g/mol. The molecule has 1 aromatic carbocycles. The first-order valence-corrected chi connectivity index (χ1v) is 8.20. The number of amides is 1. The molecule has 3 atom stereocenters. The van der Waals surface area contributed by atoms with E-state index in [0.717, 1.165) is 32.4 Å². The van der Waals surface area contributed by atoms with Crippen molar-refractivity contribution in [2.24, 2.45) is 11.7 Å². The molecule has 1 aliphatic heterocycles. The number of hydrogen-bond donors (Lipinski definition) is 1. The van der Waals surface area contributed by atoms with E-state index in [0.29, 0.717) is 17.7 Å². The maximum atomic E-state index is 12.5. The molecule has 2 N–H and O–H groups in total. The number of benzene rings is 1. The first-order chi connectivity index (χ1) is 10.1. The van der Waals surface area contributed by atoms with Gasteiger partial charge in [-0.2, -0.15) is 0 Å². The van der Waals surface area contributed by atoms with Crippen molar-refractivity contribution >= 4 is 18.3 Å². The Kier molecular flexibility index (Phi) is 5.51. The Morgan fingerprint density at radius 1 is 1.27 bits per heavy atom. The van der Waals surface area contributed by atoms with E-state index >= 15 is 0 Å². The number of halogens is 1. The normalized spacial score (nSPS) is 27.5. The molecule has 1 saturated carbocycles. The largest absolute Gasteiger partial charge is 0.341 e. The van der Waals surface area contributed by atoms with Crippen molar-refractivity contribution in [2.45, 2.75) is 51.0 Å². The van der Waals surface area contributed by atoms with Gasteiger partial charge in [0.05, 0.1) is 0 Å². The zero-order valence-corrected chi connectivity index (χ0v) is 14.3. The summed E-state index contributed by atoms with van der Waals surface area (Å²) in [6.07, 6.45) is 3.10. The van der Waals surface area contributed by atoms with Crippen molar-refractivity contribution < 1.29 is 4.79 Å². The maximum Gasteiger partial charge on any atom is 0.226 e. The molecule has 0 radical (unpaired) electrons. The van der Waals surface area contributed by atoms with Crippen molar-refractivity contribution in [1.82, 2.24) is 4.90 Å². The van der Waals surface area contributed by atoms with Crippen molar-refractivity contribution in [2.75, 3.05) is 13.1 Å². The van der Waals surface area contributed by atoms with Gasteiger partial charge in [-0.3, -0.25) is 4.79 Å². The number of piperidine rings is 1.